The number of ether oxygens (including phenoxy) is 1. The highest BCUT2D eigenvalue weighted by Crippen LogP contribution is 2.33. The zero-order valence-electron chi connectivity index (χ0n) is 17.6. The number of nitrogens with zero attached hydrogens (tertiary/aromatic N) is 3. The van der Waals surface area contributed by atoms with Crippen LogP contribution < -0.4 is 0 Å². The van der Waals surface area contributed by atoms with Gasteiger partial charge in [0.25, 0.3) is 5.91 Å². The van der Waals surface area contributed by atoms with Gasteiger partial charge in [0.2, 0.25) is 0 Å². The molecule has 5 nitrogen and oxygen atoms in total. The van der Waals surface area contributed by atoms with Gasteiger partial charge in [-0.2, -0.15) is 0 Å². The smallest absolute Gasteiger partial charge is 0.256 e. The van der Waals surface area contributed by atoms with Crippen molar-refractivity contribution in [2.75, 3.05) is 13.7 Å². The highest BCUT2D eigenvalue weighted by atomic mass is 35.5. The quantitative estimate of drug-likeness (QED) is 0.434. The number of carbonyl (C=O) groups excluding carboxylic acids is 1. The molecule has 4 rings (SSSR count). The maximum atomic E-state index is 13.6. The minimum absolute atomic E-state index is 0.0182. The van der Waals surface area contributed by atoms with Crippen molar-refractivity contribution >= 4 is 17.5 Å². The second-order valence-electron chi connectivity index (χ2n) is 7.85. The average Bonchev–Trinajstić information content (AvgIpc) is 3.65. The Balaban J connectivity index is 1.60. The van der Waals surface area contributed by atoms with E-state index in [1.54, 1.807) is 31.9 Å². The van der Waals surface area contributed by atoms with Gasteiger partial charge in [-0.25, -0.2) is 0 Å². The maximum Gasteiger partial charge on any atom is 0.256 e. The first-order valence-electron chi connectivity index (χ1n) is 10.6. The Labute approximate surface area is 188 Å². The van der Waals surface area contributed by atoms with E-state index in [0.29, 0.717) is 17.1 Å². The molecule has 1 amide bonds. The zero-order valence-corrected chi connectivity index (χ0v) is 18.4. The lowest BCUT2D eigenvalue weighted by atomic mass is 10.0. The van der Waals surface area contributed by atoms with E-state index < -0.39 is 0 Å². The maximum absolute atomic E-state index is 13.6. The molecule has 0 aliphatic heterocycles. The second kappa shape index (κ2) is 10.0. The highest BCUT2D eigenvalue weighted by Gasteiger charge is 2.34. The molecule has 1 aliphatic rings. The van der Waals surface area contributed by atoms with Gasteiger partial charge in [0, 0.05) is 61.7 Å². The monoisotopic (exact) mass is 435 g/mol. The number of methoxy groups -OCH3 is 1. The molecule has 1 saturated carbocycles. The average molecular weight is 436 g/mol. The molecular formula is C25H26ClN3O2. The summed E-state index contributed by atoms with van der Waals surface area (Å²) in [6.07, 6.45) is 10.8. The zero-order chi connectivity index (χ0) is 21.6. The third kappa shape index (κ3) is 5.30. The standard InChI is InChI=1S/C25H26ClN3O2/c1-31-13-3-4-18-6-9-24(26)20(14-18)17-29(21-7-8-21)25(30)23-16-28-12-10-22(23)19-5-2-11-27-15-19/h2,5-6,9-12,14-16,21H,3-4,7-8,13,17H2,1H3. The number of benzene rings is 1. The first kappa shape index (κ1) is 21.5. The fourth-order valence-corrected chi connectivity index (χ4v) is 3.93. The van der Waals surface area contributed by atoms with Gasteiger partial charge in [-0.3, -0.25) is 14.8 Å². The van der Waals surface area contributed by atoms with Crippen LogP contribution in [-0.2, 0) is 17.7 Å². The van der Waals surface area contributed by atoms with E-state index >= 15 is 0 Å². The SMILES string of the molecule is COCCCc1ccc(Cl)c(CN(C(=O)c2cnccc2-c2cccnc2)C2CC2)c1. The van der Waals surface area contributed by atoms with Crippen molar-refractivity contribution in [3.8, 4) is 11.1 Å². The van der Waals surface area contributed by atoms with E-state index in [9.17, 15) is 4.79 Å². The highest BCUT2D eigenvalue weighted by molar-refractivity contribution is 6.31. The number of carbonyl (C=O) groups is 1. The Kier molecular flexibility index (Phi) is 6.95. The van der Waals surface area contributed by atoms with Crippen molar-refractivity contribution < 1.29 is 9.53 Å². The minimum atomic E-state index is -0.0182. The van der Waals surface area contributed by atoms with E-state index in [1.807, 2.05) is 35.2 Å². The topological polar surface area (TPSA) is 55.3 Å². The first-order valence-corrected chi connectivity index (χ1v) is 11.0. The molecule has 0 radical (unpaired) electrons. The lowest BCUT2D eigenvalue weighted by Crippen LogP contribution is -2.33. The summed E-state index contributed by atoms with van der Waals surface area (Å²) in [5.74, 6) is -0.0182. The van der Waals surface area contributed by atoms with Crippen LogP contribution in [0.3, 0.4) is 0 Å². The van der Waals surface area contributed by atoms with Crippen LogP contribution in [0, 0.1) is 0 Å². The summed E-state index contributed by atoms with van der Waals surface area (Å²) in [6.45, 7) is 1.21. The van der Waals surface area contributed by atoms with Crippen LogP contribution in [0.2, 0.25) is 5.02 Å². The lowest BCUT2D eigenvalue weighted by Gasteiger charge is -2.24. The van der Waals surface area contributed by atoms with Gasteiger partial charge < -0.3 is 9.64 Å². The number of pyridine rings is 2. The van der Waals surface area contributed by atoms with Crippen molar-refractivity contribution in [3.63, 3.8) is 0 Å². The van der Waals surface area contributed by atoms with Crippen molar-refractivity contribution in [3.05, 3.63) is 82.9 Å². The Bertz CT molecular complexity index is 1040. The van der Waals surface area contributed by atoms with E-state index in [-0.39, 0.29) is 11.9 Å². The molecule has 2 aromatic heterocycles. The van der Waals surface area contributed by atoms with Gasteiger partial charge in [0.1, 0.15) is 0 Å². The number of aryl methyl sites for hydroxylation is 1. The molecule has 0 saturated heterocycles. The van der Waals surface area contributed by atoms with Crippen LogP contribution in [-0.4, -0.2) is 40.5 Å². The molecule has 0 unspecified atom stereocenters. The Morgan fingerprint density at radius 1 is 1.16 bits per heavy atom. The molecule has 0 spiro atoms. The van der Waals surface area contributed by atoms with Gasteiger partial charge in [0.05, 0.1) is 5.56 Å². The molecule has 3 aromatic rings. The summed E-state index contributed by atoms with van der Waals surface area (Å²) in [4.78, 5) is 24.0. The van der Waals surface area contributed by atoms with Gasteiger partial charge in [-0.05, 0) is 60.6 Å². The van der Waals surface area contributed by atoms with Crippen LogP contribution in [0.1, 0.15) is 40.7 Å². The van der Waals surface area contributed by atoms with Gasteiger partial charge >= 0.3 is 0 Å². The second-order valence-corrected chi connectivity index (χ2v) is 8.26. The van der Waals surface area contributed by atoms with E-state index in [4.69, 9.17) is 16.3 Å². The Morgan fingerprint density at radius 2 is 2.00 bits per heavy atom. The summed E-state index contributed by atoms with van der Waals surface area (Å²) < 4.78 is 5.16. The molecule has 6 heteroatoms. The number of hydrogen-bond donors (Lipinski definition) is 0. The van der Waals surface area contributed by atoms with Crippen LogP contribution in [0.25, 0.3) is 11.1 Å². The molecule has 0 atom stereocenters. The molecule has 1 aromatic carbocycles. The normalized spacial score (nSPS) is 13.2. The number of rotatable bonds is 9. The van der Waals surface area contributed by atoms with Crippen LogP contribution >= 0.6 is 11.6 Å². The van der Waals surface area contributed by atoms with Crippen molar-refractivity contribution in [1.82, 2.24) is 14.9 Å². The van der Waals surface area contributed by atoms with Crippen molar-refractivity contribution in [1.29, 1.82) is 0 Å². The minimum Gasteiger partial charge on any atom is -0.385 e. The van der Waals surface area contributed by atoms with Crippen LogP contribution in [0.4, 0.5) is 0 Å². The van der Waals surface area contributed by atoms with Crippen LogP contribution in [0.15, 0.2) is 61.2 Å². The molecule has 0 N–H and O–H groups in total. The van der Waals surface area contributed by atoms with Gasteiger partial charge in [-0.1, -0.05) is 29.8 Å². The predicted molar refractivity (Wildman–Crippen MR) is 122 cm³/mol. The number of aromatic nitrogens is 2. The summed E-state index contributed by atoms with van der Waals surface area (Å²) in [6, 6.07) is 12.0. The van der Waals surface area contributed by atoms with Crippen molar-refractivity contribution in [2.24, 2.45) is 0 Å². The molecule has 0 bridgehead atoms. The van der Waals surface area contributed by atoms with E-state index in [1.165, 1.54) is 5.56 Å². The van der Waals surface area contributed by atoms with E-state index in [2.05, 4.69) is 16.0 Å². The van der Waals surface area contributed by atoms with Crippen LogP contribution in [0.5, 0.6) is 0 Å². The molecule has 160 valence electrons. The van der Waals surface area contributed by atoms with E-state index in [0.717, 1.165) is 49.0 Å². The Hall–Kier alpha value is -2.76. The summed E-state index contributed by atoms with van der Waals surface area (Å²) in [5.41, 5.74) is 4.52. The fourth-order valence-electron chi connectivity index (χ4n) is 3.76. The molecular weight excluding hydrogens is 410 g/mol. The Morgan fingerprint density at radius 3 is 2.74 bits per heavy atom. The predicted octanol–water partition coefficient (Wildman–Crippen LogP) is 5.18. The molecule has 31 heavy (non-hydrogen) atoms. The van der Waals surface area contributed by atoms with Crippen molar-refractivity contribution in [2.45, 2.75) is 38.3 Å². The summed E-state index contributed by atoms with van der Waals surface area (Å²) >= 11 is 6.52. The largest absolute Gasteiger partial charge is 0.385 e. The number of amides is 1. The number of halogens is 1. The third-order valence-corrected chi connectivity index (χ3v) is 5.91. The van der Waals surface area contributed by atoms with Gasteiger partial charge in [0.15, 0.2) is 0 Å². The molecule has 1 fully saturated rings. The summed E-state index contributed by atoms with van der Waals surface area (Å²) in [7, 11) is 1.71. The van der Waals surface area contributed by atoms with Gasteiger partial charge in [-0.15, -0.1) is 0 Å². The lowest BCUT2D eigenvalue weighted by molar-refractivity contribution is 0.0730. The molecule has 2 heterocycles. The summed E-state index contributed by atoms with van der Waals surface area (Å²) in [5, 5.41) is 0.688. The number of hydrogen-bond acceptors (Lipinski definition) is 4. The third-order valence-electron chi connectivity index (χ3n) is 5.54. The fraction of sp³-hybridized carbons (Fsp3) is 0.320. The molecule has 1 aliphatic carbocycles. The first-order chi connectivity index (χ1) is 15.2.